The Labute approximate surface area is 196 Å². The van der Waals surface area contributed by atoms with Crippen LogP contribution in [0.4, 0.5) is 0 Å². The van der Waals surface area contributed by atoms with Crippen LogP contribution in [0.2, 0.25) is 0 Å². The summed E-state index contributed by atoms with van der Waals surface area (Å²) in [6, 6.07) is 19.6. The minimum Gasteiger partial charge on any atom is -0.484 e. The number of para-hydroxylation sites is 1. The third-order valence-electron chi connectivity index (χ3n) is 5.59. The van der Waals surface area contributed by atoms with Crippen molar-refractivity contribution in [1.82, 2.24) is 10.2 Å². The molecule has 2 unspecified atom stereocenters. The summed E-state index contributed by atoms with van der Waals surface area (Å²) in [4.78, 5) is 26.7. The third-order valence-corrected chi connectivity index (χ3v) is 6.16. The fraction of sp³-hybridized carbons (Fsp3) is 0.462. The molecule has 0 heterocycles. The second kappa shape index (κ2) is 14.7. The van der Waals surface area contributed by atoms with Gasteiger partial charge in [0.25, 0.3) is 5.91 Å². The minimum atomic E-state index is -0.128. The van der Waals surface area contributed by atoms with E-state index in [1.54, 1.807) is 16.7 Å². The van der Waals surface area contributed by atoms with Gasteiger partial charge >= 0.3 is 0 Å². The molecule has 1 amide bonds. The number of nitrogens with one attached hydrogen (secondary N) is 1. The standard InChI is InChI=1S/C26H36N2O3S/c1-21(28(2)26(30)19-31-23-14-8-5-9-15-23)11-10-18-27-24(25(29)20-32-3)17-16-22-12-6-4-7-13-22/h4-9,12-15,21,24,27H,10-11,16-20H2,1-3H3. The second-order valence-electron chi connectivity index (χ2n) is 8.03. The lowest BCUT2D eigenvalue weighted by atomic mass is 10.0. The number of hydrogen-bond acceptors (Lipinski definition) is 5. The molecule has 1 N–H and O–H groups in total. The van der Waals surface area contributed by atoms with Crippen LogP contribution in [-0.2, 0) is 16.0 Å². The number of ether oxygens (including phenoxy) is 1. The molecule has 0 saturated heterocycles. The Balaban J connectivity index is 1.72. The monoisotopic (exact) mass is 456 g/mol. The van der Waals surface area contributed by atoms with Gasteiger partial charge in [0.1, 0.15) is 5.75 Å². The van der Waals surface area contributed by atoms with Crippen molar-refractivity contribution in [2.24, 2.45) is 0 Å². The molecule has 0 fully saturated rings. The first-order valence-corrected chi connectivity index (χ1v) is 12.6. The number of ketones is 1. The summed E-state index contributed by atoms with van der Waals surface area (Å²) in [5, 5.41) is 3.45. The molecule has 0 radical (unpaired) electrons. The lowest BCUT2D eigenvalue weighted by molar-refractivity contribution is -0.134. The van der Waals surface area contributed by atoms with Crippen LogP contribution in [0.5, 0.6) is 5.75 Å². The van der Waals surface area contributed by atoms with Gasteiger partial charge in [-0.15, -0.1) is 0 Å². The normalized spacial score (nSPS) is 12.7. The first-order valence-electron chi connectivity index (χ1n) is 11.2. The van der Waals surface area contributed by atoms with E-state index in [1.165, 1.54) is 5.56 Å². The molecule has 174 valence electrons. The highest BCUT2D eigenvalue weighted by Gasteiger charge is 2.19. The predicted molar refractivity (Wildman–Crippen MR) is 133 cm³/mol. The average Bonchev–Trinajstić information content (AvgIpc) is 2.82. The Bertz CT molecular complexity index is 801. The van der Waals surface area contributed by atoms with E-state index >= 15 is 0 Å². The van der Waals surface area contributed by atoms with E-state index in [0.717, 1.165) is 32.2 Å². The molecule has 0 aliphatic heterocycles. The van der Waals surface area contributed by atoms with Crippen molar-refractivity contribution >= 4 is 23.5 Å². The van der Waals surface area contributed by atoms with E-state index in [-0.39, 0.29) is 30.4 Å². The first kappa shape index (κ1) is 25.9. The summed E-state index contributed by atoms with van der Waals surface area (Å²) < 4.78 is 5.57. The van der Waals surface area contributed by atoms with Gasteiger partial charge in [-0.3, -0.25) is 9.59 Å². The van der Waals surface area contributed by atoms with Gasteiger partial charge in [-0.05, 0) is 63.1 Å². The third kappa shape index (κ3) is 9.45. The fourth-order valence-electron chi connectivity index (χ4n) is 3.45. The molecule has 0 spiro atoms. The Kier molecular flexibility index (Phi) is 11.9. The Hall–Kier alpha value is -2.31. The molecule has 6 heteroatoms. The molecule has 0 bridgehead atoms. The number of nitrogens with zero attached hydrogens (tertiary/aromatic N) is 1. The lowest BCUT2D eigenvalue weighted by Crippen LogP contribution is -2.40. The van der Waals surface area contributed by atoms with Gasteiger partial charge in [0.15, 0.2) is 12.4 Å². The van der Waals surface area contributed by atoms with Crippen LogP contribution in [0.1, 0.15) is 31.7 Å². The van der Waals surface area contributed by atoms with Crippen LogP contribution < -0.4 is 10.1 Å². The molecule has 0 aliphatic carbocycles. The number of thioether (sulfide) groups is 1. The zero-order valence-electron chi connectivity index (χ0n) is 19.5. The van der Waals surface area contributed by atoms with Crippen LogP contribution in [0, 0.1) is 0 Å². The van der Waals surface area contributed by atoms with Crippen molar-refractivity contribution in [2.75, 3.05) is 32.2 Å². The summed E-state index contributed by atoms with van der Waals surface area (Å²) in [6.07, 6.45) is 5.40. The number of hydrogen-bond donors (Lipinski definition) is 1. The van der Waals surface area contributed by atoms with Crippen molar-refractivity contribution in [3.8, 4) is 5.75 Å². The molecule has 0 aliphatic rings. The van der Waals surface area contributed by atoms with Gasteiger partial charge < -0.3 is 15.0 Å². The number of amides is 1. The maximum absolute atomic E-state index is 12.5. The van der Waals surface area contributed by atoms with E-state index in [4.69, 9.17) is 4.74 Å². The Morgan fingerprint density at radius 2 is 1.69 bits per heavy atom. The summed E-state index contributed by atoms with van der Waals surface area (Å²) in [6.45, 7) is 2.84. The first-order chi connectivity index (χ1) is 15.5. The van der Waals surface area contributed by atoms with E-state index in [1.807, 2.05) is 68.8 Å². The smallest absolute Gasteiger partial charge is 0.260 e. The number of likely N-dealkylation sites (N-methyl/N-ethyl adjacent to an activating group) is 1. The maximum Gasteiger partial charge on any atom is 0.260 e. The van der Waals surface area contributed by atoms with Crippen molar-refractivity contribution < 1.29 is 14.3 Å². The quantitative estimate of drug-likeness (QED) is 0.407. The summed E-state index contributed by atoms with van der Waals surface area (Å²) in [5.74, 6) is 1.45. The number of rotatable bonds is 15. The van der Waals surface area contributed by atoms with Gasteiger partial charge in [-0.1, -0.05) is 48.5 Å². The zero-order chi connectivity index (χ0) is 23.2. The molecule has 2 aromatic carbocycles. The van der Waals surface area contributed by atoms with Gasteiger partial charge in [0, 0.05) is 13.1 Å². The molecular weight excluding hydrogens is 420 g/mol. The number of Topliss-reactive ketones (excluding diaryl/α,β-unsaturated/α-hetero) is 1. The van der Waals surface area contributed by atoms with Crippen LogP contribution >= 0.6 is 11.8 Å². The van der Waals surface area contributed by atoms with Crippen molar-refractivity contribution in [3.05, 3.63) is 66.2 Å². The summed E-state index contributed by atoms with van der Waals surface area (Å²) in [5.41, 5.74) is 1.25. The topological polar surface area (TPSA) is 58.6 Å². The molecule has 2 atom stereocenters. The highest BCUT2D eigenvalue weighted by Crippen LogP contribution is 2.11. The second-order valence-corrected chi connectivity index (χ2v) is 8.89. The molecule has 2 rings (SSSR count). The Morgan fingerprint density at radius 1 is 1.03 bits per heavy atom. The number of carbonyl (C=O) groups excluding carboxylic acids is 2. The predicted octanol–water partition coefficient (Wildman–Crippen LogP) is 4.22. The van der Waals surface area contributed by atoms with Crippen LogP contribution in [0.15, 0.2) is 60.7 Å². The van der Waals surface area contributed by atoms with E-state index in [2.05, 4.69) is 17.4 Å². The highest BCUT2D eigenvalue weighted by atomic mass is 32.2. The molecule has 32 heavy (non-hydrogen) atoms. The van der Waals surface area contributed by atoms with Crippen molar-refractivity contribution in [3.63, 3.8) is 0 Å². The largest absolute Gasteiger partial charge is 0.484 e. The van der Waals surface area contributed by atoms with Crippen molar-refractivity contribution in [1.29, 1.82) is 0 Å². The van der Waals surface area contributed by atoms with Gasteiger partial charge in [0.2, 0.25) is 0 Å². The van der Waals surface area contributed by atoms with Crippen LogP contribution in [0.25, 0.3) is 0 Å². The van der Waals surface area contributed by atoms with Gasteiger partial charge in [-0.25, -0.2) is 0 Å². The van der Waals surface area contributed by atoms with Gasteiger partial charge in [0.05, 0.1) is 11.8 Å². The molecule has 2 aromatic rings. The highest BCUT2D eigenvalue weighted by molar-refractivity contribution is 7.99. The summed E-state index contributed by atoms with van der Waals surface area (Å²) >= 11 is 1.57. The molecule has 0 saturated carbocycles. The van der Waals surface area contributed by atoms with E-state index in [9.17, 15) is 9.59 Å². The maximum atomic E-state index is 12.5. The van der Waals surface area contributed by atoms with Crippen LogP contribution in [0.3, 0.4) is 0 Å². The fourth-order valence-corrected chi connectivity index (χ4v) is 3.94. The number of carbonyl (C=O) groups is 2. The number of aryl methyl sites for hydroxylation is 1. The average molecular weight is 457 g/mol. The number of benzene rings is 2. The van der Waals surface area contributed by atoms with E-state index in [0.29, 0.717) is 11.5 Å². The lowest BCUT2D eigenvalue weighted by Gasteiger charge is -2.25. The SMILES string of the molecule is CSCC(=O)C(CCc1ccccc1)NCCCC(C)N(C)C(=O)COc1ccccc1. The molecule has 0 aromatic heterocycles. The van der Waals surface area contributed by atoms with E-state index < -0.39 is 0 Å². The Morgan fingerprint density at radius 3 is 2.34 bits per heavy atom. The molecule has 5 nitrogen and oxygen atoms in total. The minimum absolute atomic E-state index is 0.0356. The van der Waals surface area contributed by atoms with Crippen LogP contribution in [-0.4, -0.2) is 60.9 Å². The van der Waals surface area contributed by atoms with Crippen molar-refractivity contribution in [2.45, 2.75) is 44.7 Å². The molecular formula is C26H36N2O3S. The summed E-state index contributed by atoms with van der Waals surface area (Å²) in [7, 11) is 1.82. The van der Waals surface area contributed by atoms with Gasteiger partial charge in [-0.2, -0.15) is 11.8 Å². The zero-order valence-corrected chi connectivity index (χ0v) is 20.3.